The van der Waals surface area contributed by atoms with Gasteiger partial charge in [0.1, 0.15) is 11.6 Å². The van der Waals surface area contributed by atoms with Gasteiger partial charge in [0.25, 0.3) is 5.91 Å². The first-order chi connectivity index (χ1) is 15.8. The van der Waals surface area contributed by atoms with Gasteiger partial charge >= 0.3 is 6.18 Å². The van der Waals surface area contributed by atoms with E-state index in [2.05, 4.69) is 20.1 Å². The van der Waals surface area contributed by atoms with Gasteiger partial charge in [-0.2, -0.15) is 13.2 Å². The molecule has 0 spiro atoms. The van der Waals surface area contributed by atoms with Crippen molar-refractivity contribution in [1.82, 2.24) is 9.88 Å². The summed E-state index contributed by atoms with van der Waals surface area (Å²) >= 11 is 0. The highest BCUT2D eigenvalue weighted by Crippen LogP contribution is 2.29. The lowest BCUT2D eigenvalue weighted by molar-refractivity contribution is -0.137. The molecule has 2 heterocycles. The van der Waals surface area contributed by atoms with E-state index in [1.165, 1.54) is 24.4 Å². The third-order valence-corrected chi connectivity index (χ3v) is 5.45. The molecule has 0 radical (unpaired) electrons. The van der Waals surface area contributed by atoms with Crippen molar-refractivity contribution in [2.24, 2.45) is 0 Å². The molecule has 1 fully saturated rings. The van der Waals surface area contributed by atoms with Gasteiger partial charge in [0.15, 0.2) is 0 Å². The summed E-state index contributed by atoms with van der Waals surface area (Å²) in [5, 5.41) is 2.58. The topological polar surface area (TPSA) is 48.5 Å². The Morgan fingerprint density at radius 2 is 1.73 bits per heavy atom. The number of pyridine rings is 1. The maximum Gasteiger partial charge on any atom is 0.416 e. The van der Waals surface area contributed by atoms with Crippen LogP contribution >= 0.6 is 0 Å². The number of hydrogen-bond donors (Lipinski definition) is 1. The zero-order valence-corrected chi connectivity index (χ0v) is 17.6. The molecule has 0 atom stereocenters. The summed E-state index contributed by atoms with van der Waals surface area (Å²) in [4.78, 5) is 21.1. The molecule has 1 amide bonds. The SMILES string of the molecule is O=C(Nc1ccc(N2CCN(Cc3cccc(F)c3)CC2)nc1)c1cccc(C(F)(F)F)c1. The number of halogens is 4. The Bertz CT molecular complexity index is 1110. The Morgan fingerprint density at radius 1 is 0.970 bits per heavy atom. The quantitative estimate of drug-likeness (QED) is 0.558. The molecular weight excluding hydrogens is 436 g/mol. The first-order valence-electron chi connectivity index (χ1n) is 10.4. The number of carbonyl (C=O) groups is 1. The number of nitrogens with zero attached hydrogens (tertiary/aromatic N) is 3. The predicted molar refractivity (Wildman–Crippen MR) is 118 cm³/mol. The number of hydrogen-bond acceptors (Lipinski definition) is 4. The van der Waals surface area contributed by atoms with Crippen LogP contribution in [0.15, 0.2) is 66.9 Å². The molecule has 0 aliphatic carbocycles. The molecule has 1 aliphatic rings. The maximum atomic E-state index is 13.4. The number of benzene rings is 2. The lowest BCUT2D eigenvalue weighted by Gasteiger charge is -2.35. The largest absolute Gasteiger partial charge is 0.416 e. The number of alkyl halides is 3. The van der Waals surface area contributed by atoms with E-state index in [1.807, 2.05) is 6.07 Å². The summed E-state index contributed by atoms with van der Waals surface area (Å²) in [6, 6.07) is 14.3. The molecule has 1 aromatic heterocycles. The lowest BCUT2D eigenvalue weighted by atomic mass is 10.1. The normalized spacial score (nSPS) is 14.8. The van der Waals surface area contributed by atoms with Crippen molar-refractivity contribution in [2.75, 3.05) is 36.4 Å². The van der Waals surface area contributed by atoms with E-state index in [4.69, 9.17) is 0 Å². The Labute approximate surface area is 188 Å². The van der Waals surface area contributed by atoms with Gasteiger partial charge in [-0.05, 0) is 48.0 Å². The molecule has 0 unspecified atom stereocenters. The van der Waals surface area contributed by atoms with Gasteiger partial charge in [0, 0.05) is 38.3 Å². The minimum Gasteiger partial charge on any atom is -0.354 e. The van der Waals surface area contributed by atoms with Gasteiger partial charge in [0.2, 0.25) is 0 Å². The van der Waals surface area contributed by atoms with E-state index in [0.717, 1.165) is 49.7 Å². The van der Waals surface area contributed by atoms with Crippen LogP contribution in [-0.4, -0.2) is 42.0 Å². The second-order valence-electron chi connectivity index (χ2n) is 7.83. The third kappa shape index (κ3) is 5.87. The molecule has 1 saturated heterocycles. The van der Waals surface area contributed by atoms with Crippen molar-refractivity contribution in [2.45, 2.75) is 12.7 Å². The van der Waals surface area contributed by atoms with Crippen LogP contribution in [-0.2, 0) is 12.7 Å². The summed E-state index contributed by atoms with van der Waals surface area (Å²) in [5.41, 5.74) is 0.372. The van der Waals surface area contributed by atoms with Gasteiger partial charge < -0.3 is 10.2 Å². The minimum atomic E-state index is -4.51. The fraction of sp³-hybridized carbons (Fsp3) is 0.250. The van der Waals surface area contributed by atoms with E-state index >= 15 is 0 Å². The van der Waals surface area contributed by atoms with Crippen LogP contribution in [0.2, 0.25) is 0 Å². The summed E-state index contributed by atoms with van der Waals surface area (Å²) < 4.78 is 52.0. The van der Waals surface area contributed by atoms with Crippen LogP contribution in [0.4, 0.5) is 29.1 Å². The smallest absolute Gasteiger partial charge is 0.354 e. The predicted octanol–water partition coefficient (Wildman–Crippen LogP) is 4.81. The Balaban J connectivity index is 1.32. The highest BCUT2D eigenvalue weighted by Gasteiger charge is 2.31. The van der Waals surface area contributed by atoms with E-state index in [9.17, 15) is 22.4 Å². The number of carbonyl (C=O) groups excluding carboxylic acids is 1. The fourth-order valence-corrected chi connectivity index (χ4v) is 3.72. The summed E-state index contributed by atoms with van der Waals surface area (Å²) in [6.07, 6.45) is -3.03. The van der Waals surface area contributed by atoms with Gasteiger partial charge in [-0.15, -0.1) is 0 Å². The highest BCUT2D eigenvalue weighted by molar-refractivity contribution is 6.04. The van der Waals surface area contributed by atoms with E-state index in [1.54, 1.807) is 24.3 Å². The molecule has 0 saturated carbocycles. The first-order valence-corrected chi connectivity index (χ1v) is 10.4. The van der Waals surface area contributed by atoms with Gasteiger partial charge in [0.05, 0.1) is 17.4 Å². The maximum absolute atomic E-state index is 13.4. The third-order valence-electron chi connectivity index (χ3n) is 5.45. The summed E-state index contributed by atoms with van der Waals surface area (Å²) in [6.45, 7) is 3.77. The number of aromatic nitrogens is 1. The Kier molecular flexibility index (Phi) is 6.60. The van der Waals surface area contributed by atoms with Crippen LogP contribution < -0.4 is 10.2 Å². The number of anilines is 2. The van der Waals surface area contributed by atoms with Gasteiger partial charge in [-0.1, -0.05) is 18.2 Å². The van der Waals surface area contributed by atoms with Crippen molar-refractivity contribution in [3.8, 4) is 0 Å². The van der Waals surface area contributed by atoms with Crippen molar-refractivity contribution in [1.29, 1.82) is 0 Å². The van der Waals surface area contributed by atoms with Crippen molar-refractivity contribution in [3.05, 3.63) is 89.4 Å². The molecular formula is C24H22F4N4O. The zero-order valence-electron chi connectivity index (χ0n) is 17.6. The van der Waals surface area contributed by atoms with Gasteiger partial charge in [-0.3, -0.25) is 9.69 Å². The van der Waals surface area contributed by atoms with Crippen LogP contribution in [0.25, 0.3) is 0 Å². The average molecular weight is 458 g/mol. The number of piperazine rings is 1. The van der Waals surface area contributed by atoms with E-state index in [-0.39, 0.29) is 11.4 Å². The van der Waals surface area contributed by atoms with E-state index < -0.39 is 17.6 Å². The minimum absolute atomic E-state index is 0.0803. The Hall–Kier alpha value is -3.46. The summed E-state index contributed by atoms with van der Waals surface area (Å²) in [7, 11) is 0. The molecule has 5 nitrogen and oxygen atoms in total. The van der Waals surface area contributed by atoms with Crippen LogP contribution in [0.3, 0.4) is 0 Å². The molecule has 1 N–H and O–H groups in total. The fourth-order valence-electron chi connectivity index (χ4n) is 3.72. The highest BCUT2D eigenvalue weighted by atomic mass is 19.4. The Morgan fingerprint density at radius 3 is 2.39 bits per heavy atom. The second kappa shape index (κ2) is 9.58. The van der Waals surface area contributed by atoms with Crippen molar-refractivity contribution in [3.63, 3.8) is 0 Å². The number of amides is 1. The average Bonchev–Trinajstić information content (AvgIpc) is 2.80. The first kappa shape index (κ1) is 22.7. The molecule has 0 bridgehead atoms. The van der Waals surface area contributed by atoms with Crippen LogP contribution in [0, 0.1) is 5.82 Å². The molecule has 4 rings (SSSR count). The zero-order chi connectivity index (χ0) is 23.4. The van der Waals surface area contributed by atoms with E-state index in [0.29, 0.717) is 12.2 Å². The molecule has 33 heavy (non-hydrogen) atoms. The molecule has 3 aromatic rings. The monoisotopic (exact) mass is 458 g/mol. The molecule has 172 valence electrons. The van der Waals surface area contributed by atoms with Crippen LogP contribution in [0.1, 0.15) is 21.5 Å². The number of nitrogens with one attached hydrogen (secondary N) is 1. The van der Waals surface area contributed by atoms with Crippen molar-refractivity contribution < 1.29 is 22.4 Å². The van der Waals surface area contributed by atoms with Crippen molar-refractivity contribution >= 4 is 17.4 Å². The van der Waals surface area contributed by atoms with Crippen LogP contribution in [0.5, 0.6) is 0 Å². The molecule has 9 heteroatoms. The molecule has 2 aromatic carbocycles. The molecule has 1 aliphatic heterocycles. The number of rotatable bonds is 5. The summed E-state index contributed by atoms with van der Waals surface area (Å²) in [5.74, 6) is -0.130. The standard InChI is InChI=1S/C24H22F4N4O/c25-20-6-1-3-17(13-20)16-31-9-11-32(12-10-31)22-8-7-21(15-29-22)30-23(33)18-4-2-5-19(14-18)24(26,27)28/h1-8,13-15H,9-12,16H2,(H,30,33). The second-order valence-corrected chi connectivity index (χ2v) is 7.83. The van der Waals surface area contributed by atoms with Gasteiger partial charge in [-0.25, -0.2) is 9.37 Å². The lowest BCUT2D eigenvalue weighted by Crippen LogP contribution is -2.46.